The number of rotatable bonds is 6. The van der Waals surface area contributed by atoms with E-state index >= 15 is 0 Å². The van der Waals surface area contributed by atoms with Crippen LogP contribution in [0.15, 0.2) is 48.8 Å². The average molecular weight is 351 g/mol. The number of para-hydroxylation sites is 1. The number of methoxy groups -OCH3 is 1. The Morgan fingerprint density at radius 3 is 2.62 bits per heavy atom. The summed E-state index contributed by atoms with van der Waals surface area (Å²) in [5, 5.41) is 7.76. The molecule has 3 rings (SSSR count). The SMILES string of the molecule is COCc1cc(NCc2ccccc2-n2cccn2)nc(C(C)(C)C)n1. The van der Waals surface area contributed by atoms with Gasteiger partial charge in [-0.3, -0.25) is 0 Å². The quantitative estimate of drug-likeness (QED) is 0.733. The molecule has 0 radical (unpaired) electrons. The molecular weight excluding hydrogens is 326 g/mol. The minimum Gasteiger partial charge on any atom is -0.378 e. The van der Waals surface area contributed by atoms with Gasteiger partial charge >= 0.3 is 0 Å². The van der Waals surface area contributed by atoms with Crippen molar-refractivity contribution in [3.8, 4) is 5.69 Å². The normalized spacial score (nSPS) is 11.5. The van der Waals surface area contributed by atoms with Gasteiger partial charge in [-0.05, 0) is 17.7 Å². The zero-order valence-corrected chi connectivity index (χ0v) is 15.7. The summed E-state index contributed by atoms with van der Waals surface area (Å²) in [6, 6.07) is 12.0. The number of benzene rings is 1. The molecule has 0 atom stereocenters. The van der Waals surface area contributed by atoms with Crippen LogP contribution >= 0.6 is 0 Å². The summed E-state index contributed by atoms with van der Waals surface area (Å²) in [6.45, 7) is 7.42. The molecule has 136 valence electrons. The van der Waals surface area contributed by atoms with Crippen molar-refractivity contribution in [2.24, 2.45) is 0 Å². The fraction of sp³-hybridized carbons (Fsp3) is 0.350. The highest BCUT2D eigenvalue weighted by atomic mass is 16.5. The summed E-state index contributed by atoms with van der Waals surface area (Å²) in [7, 11) is 1.67. The number of anilines is 1. The molecular formula is C20H25N5O. The zero-order valence-electron chi connectivity index (χ0n) is 15.7. The minimum atomic E-state index is -0.132. The molecule has 0 aliphatic heterocycles. The second kappa shape index (κ2) is 7.66. The molecule has 0 amide bonds. The van der Waals surface area contributed by atoms with E-state index in [9.17, 15) is 0 Å². The highest BCUT2D eigenvalue weighted by Gasteiger charge is 2.19. The van der Waals surface area contributed by atoms with Crippen molar-refractivity contribution in [3.05, 3.63) is 65.9 Å². The summed E-state index contributed by atoms with van der Waals surface area (Å²) in [5.74, 6) is 1.60. The van der Waals surface area contributed by atoms with Crippen molar-refractivity contribution in [1.82, 2.24) is 19.7 Å². The molecule has 0 fully saturated rings. The highest BCUT2D eigenvalue weighted by Crippen LogP contribution is 2.22. The molecule has 0 spiro atoms. The summed E-state index contributed by atoms with van der Waals surface area (Å²) < 4.78 is 7.12. The van der Waals surface area contributed by atoms with Crippen LogP contribution in [0.2, 0.25) is 0 Å². The molecule has 1 aromatic carbocycles. The summed E-state index contributed by atoms with van der Waals surface area (Å²) in [6.07, 6.45) is 3.72. The maximum atomic E-state index is 5.25. The van der Waals surface area contributed by atoms with Crippen molar-refractivity contribution < 1.29 is 4.74 Å². The molecule has 0 saturated heterocycles. The number of aromatic nitrogens is 4. The molecule has 2 aromatic heterocycles. The van der Waals surface area contributed by atoms with Crippen molar-refractivity contribution in [3.63, 3.8) is 0 Å². The smallest absolute Gasteiger partial charge is 0.136 e. The van der Waals surface area contributed by atoms with Gasteiger partial charge in [0.15, 0.2) is 0 Å². The van der Waals surface area contributed by atoms with Gasteiger partial charge in [0.1, 0.15) is 11.6 Å². The Kier molecular flexibility index (Phi) is 5.32. The van der Waals surface area contributed by atoms with Gasteiger partial charge in [0.2, 0.25) is 0 Å². The van der Waals surface area contributed by atoms with E-state index in [1.54, 1.807) is 13.3 Å². The van der Waals surface area contributed by atoms with Gasteiger partial charge in [0.25, 0.3) is 0 Å². The molecule has 6 nitrogen and oxygen atoms in total. The van der Waals surface area contributed by atoms with Crippen LogP contribution in [-0.2, 0) is 23.3 Å². The van der Waals surface area contributed by atoms with Crippen molar-refractivity contribution in [2.45, 2.75) is 39.3 Å². The Hall–Kier alpha value is -2.73. The topological polar surface area (TPSA) is 64.9 Å². The van der Waals surface area contributed by atoms with Crippen LogP contribution in [0.5, 0.6) is 0 Å². The van der Waals surface area contributed by atoms with Gasteiger partial charge in [0, 0.05) is 37.5 Å². The molecule has 26 heavy (non-hydrogen) atoms. The van der Waals surface area contributed by atoms with Crippen molar-refractivity contribution >= 4 is 5.82 Å². The van der Waals surface area contributed by atoms with E-state index in [0.717, 1.165) is 28.6 Å². The third-order valence-corrected chi connectivity index (χ3v) is 3.95. The van der Waals surface area contributed by atoms with Gasteiger partial charge in [0.05, 0.1) is 18.0 Å². The monoisotopic (exact) mass is 351 g/mol. The summed E-state index contributed by atoms with van der Waals surface area (Å²) >= 11 is 0. The Morgan fingerprint density at radius 1 is 1.12 bits per heavy atom. The molecule has 0 bridgehead atoms. The lowest BCUT2D eigenvalue weighted by Crippen LogP contribution is -2.18. The molecule has 0 saturated carbocycles. The van der Waals surface area contributed by atoms with E-state index in [-0.39, 0.29) is 5.41 Å². The largest absolute Gasteiger partial charge is 0.378 e. The Balaban J connectivity index is 1.85. The maximum Gasteiger partial charge on any atom is 0.136 e. The van der Waals surface area contributed by atoms with Gasteiger partial charge in [-0.2, -0.15) is 5.10 Å². The minimum absolute atomic E-state index is 0.132. The number of nitrogens with one attached hydrogen (secondary N) is 1. The van der Waals surface area contributed by atoms with Gasteiger partial charge < -0.3 is 10.1 Å². The molecule has 2 heterocycles. The van der Waals surface area contributed by atoms with E-state index in [4.69, 9.17) is 9.72 Å². The summed E-state index contributed by atoms with van der Waals surface area (Å²) in [5.41, 5.74) is 2.93. The van der Waals surface area contributed by atoms with Gasteiger partial charge in [-0.15, -0.1) is 0 Å². The number of ether oxygens (including phenoxy) is 1. The van der Waals surface area contributed by atoms with Crippen LogP contribution in [0, 0.1) is 0 Å². The van der Waals surface area contributed by atoms with Crippen molar-refractivity contribution in [2.75, 3.05) is 12.4 Å². The molecule has 1 N–H and O–H groups in total. The van der Waals surface area contributed by atoms with Gasteiger partial charge in [-0.25, -0.2) is 14.6 Å². The lowest BCUT2D eigenvalue weighted by molar-refractivity contribution is 0.181. The van der Waals surface area contributed by atoms with Crippen LogP contribution in [0.3, 0.4) is 0 Å². The Morgan fingerprint density at radius 2 is 1.92 bits per heavy atom. The lowest BCUT2D eigenvalue weighted by atomic mass is 9.95. The third-order valence-electron chi connectivity index (χ3n) is 3.95. The van der Waals surface area contributed by atoms with Crippen molar-refractivity contribution in [1.29, 1.82) is 0 Å². The molecule has 0 unspecified atom stereocenters. The number of nitrogens with zero attached hydrogens (tertiary/aromatic N) is 4. The van der Waals surface area contributed by atoms with Crippen LogP contribution in [0.4, 0.5) is 5.82 Å². The second-order valence-corrected chi connectivity index (χ2v) is 7.18. The fourth-order valence-corrected chi connectivity index (χ4v) is 2.63. The van der Waals surface area contributed by atoms with E-state index in [2.05, 4.69) is 48.3 Å². The molecule has 6 heteroatoms. The first kappa shape index (κ1) is 18.1. The van der Waals surface area contributed by atoms with Crippen LogP contribution in [0.25, 0.3) is 5.69 Å². The Labute approximate surface area is 154 Å². The van der Waals surface area contributed by atoms with E-state index < -0.39 is 0 Å². The van der Waals surface area contributed by atoms with Crippen LogP contribution < -0.4 is 5.32 Å². The zero-order chi connectivity index (χ0) is 18.6. The first-order valence-electron chi connectivity index (χ1n) is 8.66. The first-order chi connectivity index (χ1) is 12.5. The lowest BCUT2D eigenvalue weighted by Gasteiger charge is -2.19. The van der Waals surface area contributed by atoms with Crippen LogP contribution in [0.1, 0.15) is 37.9 Å². The van der Waals surface area contributed by atoms with E-state index in [0.29, 0.717) is 13.2 Å². The molecule has 0 aliphatic carbocycles. The van der Waals surface area contributed by atoms with Gasteiger partial charge in [-0.1, -0.05) is 39.0 Å². The standard InChI is InChI=1S/C20H25N5O/c1-20(2,3)19-23-16(14-26-4)12-18(24-19)21-13-15-8-5-6-9-17(15)25-11-7-10-22-25/h5-12H,13-14H2,1-4H3,(H,21,23,24). The number of hydrogen-bond acceptors (Lipinski definition) is 5. The van der Waals surface area contributed by atoms with E-state index in [1.807, 2.05) is 35.1 Å². The molecule has 0 aliphatic rings. The molecule has 3 aromatic rings. The highest BCUT2D eigenvalue weighted by molar-refractivity contribution is 5.44. The number of hydrogen-bond donors (Lipinski definition) is 1. The first-order valence-corrected chi connectivity index (χ1v) is 8.66. The second-order valence-electron chi connectivity index (χ2n) is 7.18. The Bertz CT molecular complexity index is 853. The predicted molar refractivity (Wildman–Crippen MR) is 102 cm³/mol. The van der Waals surface area contributed by atoms with Crippen LogP contribution in [-0.4, -0.2) is 26.9 Å². The van der Waals surface area contributed by atoms with E-state index in [1.165, 1.54) is 0 Å². The third kappa shape index (κ3) is 4.26. The summed E-state index contributed by atoms with van der Waals surface area (Å²) in [4.78, 5) is 9.31. The fourth-order valence-electron chi connectivity index (χ4n) is 2.63. The average Bonchev–Trinajstić information content (AvgIpc) is 3.14. The predicted octanol–water partition coefficient (Wildman–Crippen LogP) is 3.72. The maximum absolute atomic E-state index is 5.25.